The van der Waals surface area contributed by atoms with Crippen molar-refractivity contribution >= 4 is 5.84 Å². The van der Waals surface area contributed by atoms with Crippen LogP contribution in [0.4, 0.5) is 0 Å². The second kappa shape index (κ2) is 5.21. The first-order chi connectivity index (χ1) is 8.31. The lowest BCUT2D eigenvalue weighted by Gasteiger charge is -2.17. The van der Waals surface area contributed by atoms with Crippen LogP contribution >= 0.6 is 0 Å². The molecule has 0 amide bonds. The van der Waals surface area contributed by atoms with E-state index in [4.69, 9.17) is 10.9 Å². The molecule has 3 N–H and O–H groups in total. The molecule has 0 saturated heterocycles. The molecule has 2 rings (SSSR count). The fraction of sp³-hybridized carbons (Fsp3) is 0.154. The van der Waals surface area contributed by atoms with Gasteiger partial charge < -0.3 is 15.5 Å². The Morgan fingerprint density at radius 2 is 1.82 bits per heavy atom. The highest BCUT2D eigenvalue weighted by Gasteiger charge is 2.15. The summed E-state index contributed by atoms with van der Waals surface area (Å²) in [5, 5.41) is 11.9. The maximum atomic E-state index is 8.83. The third kappa shape index (κ3) is 2.66. The fourth-order valence-electron chi connectivity index (χ4n) is 1.82. The van der Waals surface area contributed by atoms with E-state index in [9.17, 15) is 0 Å². The van der Waals surface area contributed by atoms with E-state index in [1.54, 1.807) is 0 Å². The van der Waals surface area contributed by atoms with E-state index >= 15 is 0 Å². The minimum absolute atomic E-state index is 0.155. The largest absolute Gasteiger partial charge is 0.409 e. The SMILES string of the molecule is N/C(=N\O)C(Cc1ccccc1)n1cccc1. The summed E-state index contributed by atoms with van der Waals surface area (Å²) in [6.45, 7) is 0. The van der Waals surface area contributed by atoms with Gasteiger partial charge in [0.05, 0.1) is 6.04 Å². The van der Waals surface area contributed by atoms with E-state index in [1.165, 1.54) is 0 Å². The summed E-state index contributed by atoms with van der Waals surface area (Å²) in [6, 6.07) is 13.7. The molecule has 1 aromatic heterocycles. The maximum Gasteiger partial charge on any atom is 0.162 e. The summed E-state index contributed by atoms with van der Waals surface area (Å²) in [5.41, 5.74) is 6.89. The van der Waals surface area contributed by atoms with Gasteiger partial charge in [-0.25, -0.2) is 0 Å². The Morgan fingerprint density at radius 1 is 1.18 bits per heavy atom. The predicted molar refractivity (Wildman–Crippen MR) is 67.0 cm³/mol. The third-order valence-electron chi connectivity index (χ3n) is 2.72. The first-order valence-electron chi connectivity index (χ1n) is 5.45. The number of amidine groups is 1. The molecule has 1 aromatic carbocycles. The first-order valence-corrected chi connectivity index (χ1v) is 5.45. The zero-order valence-corrected chi connectivity index (χ0v) is 9.40. The minimum atomic E-state index is -0.155. The summed E-state index contributed by atoms with van der Waals surface area (Å²) < 4.78 is 1.93. The van der Waals surface area contributed by atoms with Crippen molar-refractivity contribution < 1.29 is 5.21 Å². The number of nitrogens with zero attached hydrogens (tertiary/aromatic N) is 2. The van der Waals surface area contributed by atoms with Crippen molar-refractivity contribution in [2.75, 3.05) is 0 Å². The molecule has 0 fully saturated rings. The second-order valence-corrected chi connectivity index (χ2v) is 3.86. The number of oxime groups is 1. The van der Waals surface area contributed by atoms with Gasteiger partial charge in [-0.3, -0.25) is 0 Å². The average molecular weight is 229 g/mol. The highest BCUT2D eigenvalue weighted by atomic mass is 16.4. The van der Waals surface area contributed by atoms with Crippen molar-refractivity contribution in [1.82, 2.24) is 4.57 Å². The monoisotopic (exact) mass is 229 g/mol. The number of hydrogen-bond acceptors (Lipinski definition) is 2. The standard InChI is InChI=1S/C13H15N3O/c14-13(15-17)12(16-8-4-5-9-16)10-11-6-2-1-3-7-11/h1-9,12,17H,10H2,(H2,14,15). The van der Waals surface area contributed by atoms with Crippen LogP contribution in [-0.2, 0) is 6.42 Å². The van der Waals surface area contributed by atoms with Gasteiger partial charge in [0.25, 0.3) is 0 Å². The van der Waals surface area contributed by atoms with Crippen LogP contribution in [-0.4, -0.2) is 15.6 Å². The zero-order chi connectivity index (χ0) is 12.1. The summed E-state index contributed by atoms with van der Waals surface area (Å²) in [6.07, 6.45) is 4.52. The van der Waals surface area contributed by atoms with Gasteiger partial charge in [0.15, 0.2) is 5.84 Å². The van der Waals surface area contributed by atoms with Gasteiger partial charge in [0.1, 0.15) is 0 Å². The van der Waals surface area contributed by atoms with Gasteiger partial charge in [-0.1, -0.05) is 35.5 Å². The van der Waals surface area contributed by atoms with Gasteiger partial charge in [0, 0.05) is 18.8 Å². The quantitative estimate of drug-likeness (QED) is 0.364. The molecule has 0 aliphatic carbocycles. The molecule has 1 heterocycles. The predicted octanol–water partition coefficient (Wildman–Crippen LogP) is 2.02. The van der Waals surface area contributed by atoms with E-state index in [0.29, 0.717) is 6.42 Å². The molecule has 0 spiro atoms. The Hall–Kier alpha value is -2.23. The van der Waals surface area contributed by atoms with Crippen molar-refractivity contribution in [2.24, 2.45) is 10.9 Å². The molecule has 2 aromatic rings. The molecule has 88 valence electrons. The minimum Gasteiger partial charge on any atom is -0.409 e. The highest BCUT2D eigenvalue weighted by Crippen LogP contribution is 2.14. The van der Waals surface area contributed by atoms with Crippen LogP contribution in [0.5, 0.6) is 0 Å². The maximum absolute atomic E-state index is 8.83. The molecule has 0 aliphatic rings. The van der Waals surface area contributed by atoms with Gasteiger partial charge in [-0.2, -0.15) is 0 Å². The van der Waals surface area contributed by atoms with Gasteiger partial charge >= 0.3 is 0 Å². The van der Waals surface area contributed by atoms with Crippen molar-refractivity contribution in [2.45, 2.75) is 12.5 Å². The summed E-state index contributed by atoms with van der Waals surface area (Å²) >= 11 is 0. The molecule has 0 saturated carbocycles. The Labute approximate surface area is 100.0 Å². The van der Waals surface area contributed by atoms with Crippen molar-refractivity contribution in [3.05, 3.63) is 60.4 Å². The highest BCUT2D eigenvalue weighted by molar-refractivity contribution is 5.84. The Bertz CT molecular complexity index is 477. The normalized spacial score (nSPS) is 13.5. The van der Waals surface area contributed by atoms with Gasteiger partial charge in [-0.05, 0) is 17.7 Å². The number of aromatic nitrogens is 1. The van der Waals surface area contributed by atoms with Crippen molar-refractivity contribution in [3.8, 4) is 0 Å². The van der Waals surface area contributed by atoms with Crippen LogP contribution in [0.15, 0.2) is 60.0 Å². The van der Waals surface area contributed by atoms with E-state index in [1.807, 2.05) is 59.4 Å². The zero-order valence-electron chi connectivity index (χ0n) is 9.40. The molecule has 1 atom stereocenters. The summed E-state index contributed by atoms with van der Waals surface area (Å²) in [7, 11) is 0. The molecule has 1 unspecified atom stereocenters. The van der Waals surface area contributed by atoms with Gasteiger partial charge in [-0.15, -0.1) is 0 Å². The average Bonchev–Trinajstić information content (AvgIpc) is 2.90. The number of nitrogens with two attached hydrogens (primary N) is 1. The molecule has 4 heteroatoms. The van der Waals surface area contributed by atoms with Crippen molar-refractivity contribution in [3.63, 3.8) is 0 Å². The molecule has 0 radical (unpaired) electrons. The molecule has 0 bridgehead atoms. The van der Waals surface area contributed by atoms with Crippen LogP contribution in [0.25, 0.3) is 0 Å². The van der Waals surface area contributed by atoms with Crippen LogP contribution in [0, 0.1) is 0 Å². The Kier molecular flexibility index (Phi) is 3.45. The number of hydrogen-bond donors (Lipinski definition) is 2. The summed E-state index contributed by atoms with van der Waals surface area (Å²) in [4.78, 5) is 0. The van der Waals surface area contributed by atoms with Crippen LogP contribution in [0.3, 0.4) is 0 Å². The lowest BCUT2D eigenvalue weighted by atomic mass is 10.1. The molecular formula is C13H15N3O. The third-order valence-corrected chi connectivity index (χ3v) is 2.72. The smallest absolute Gasteiger partial charge is 0.162 e. The molecule has 4 nitrogen and oxygen atoms in total. The van der Waals surface area contributed by atoms with Crippen molar-refractivity contribution in [1.29, 1.82) is 0 Å². The summed E-state index contributed by atoms with van der Waals surface area (Å²) in [5.74, 6) is 0.213. The van der Waals surface area contributed by atoms with Crippen LogP contribution in [0.2, 0.25) is 0 Å². The Morgan fingerprint density at radius 3 is 2.41 bits per heavy atom. The lowest BCUT2D eigenvalue weighted by Crippen LogP contribution is -2.28. The van der Waals surface area contributed by atoms with E-state index in [-0.39, 0.29) is 11.9 Å². The molecular weight excluding hydrogens is 214 g/mol. The lowest BCUT2D eigenvalue weighted by molar-refractivity contribution is 0.313. The second-order valence-electron chi connectivity index (χ2n) is 3.86. The van der Waals surface area contributed by atoms with Crippen LogP contribution < -0.4 is 5.73 Å². The first kappa shape index (κ1) is 11.3. The Balaban J connectivity index is 2.24. The molecule has 17 heavy (non-hydrogen) atoms. The van der Waals surface area contributed by atoms with Crippen LogP contribution in [0.1, 0.15) is 11.6 Å². The van der Waals surface area contributed by atoms with E-state index in [2.05, 4.69) is 5.16 Å². The number of benzene rings is 1. The van der Waals surface area contributed by atoms with E-state index < -0.39 is 0 Å². The molecule has 0 aliphatic heterocycles. The van der Waals surface area contributed by atoms with Gasteiger partial charge in [0.2, 0.25) is 0 Å². The number of rotatable bonds is 4. The topological polar surface area (TPSA) is 63.5 Å². The fourth-order valence-corrected chi connectivity index (χ4v) is 1.82. The van der Waals surface area contributed by atoms with E-state index in [0.717, 1.165) is 5.56 Å².